The highest BCUT2D eigenvalue weighted by Gasteiger charge is 2.32. The van der Waals surface area contributed by atoms with Crippen molar-refractivity contribution in [1.82, 2.24) is 14.1 Å². The van der Waals surface area contributed by atoms with Crippen molar-refractivity contribution in [2.45, 2.75) is 45.1 Å². The van der Waals surface area contributed by atoms with Crippen LogP contribution in [0.5, 0.6) is 0 Å². The van der Waals surface area contributed by atoms with Crippen LogP contribution in [0.1, 0.15) is 31.0 Å². The molecule has 2 aromatic rings. The number of hydrogen-bond acceptors (Lipinski definition) is 4. The van der Waals surface area contributed by atoms with Crippen molar-refractivity contribution in [3.63, 3.8) is 0 Å². The first-order valence-electron chi connectivity index (χ1n) is 9.23. The minimum atomic E-state index is -3.51. The Labute approximate surface area is 160 Å². The Morgan fingerprint density at radius 1 is 1.19 bits per heavy atom. The van der Waals surface area contributed by atoms with Crippen LogP contribution >= 0.6 is 0 Å². The van der Waals surface area contributed by atoms with Gasteiger partial charge in [0.25, 0.3) is 0 Å². The monoisotopic (exact) mass is 390 g/mol. The minimum Gasteiger partial charge on any atom is -0.311 e. The molecule has 1 saturated heterocycles. The van der Waals surface area contributed by atoms with Gasteiger partial charge in [-0.1, -0.05) is 17.7 Å². The number of sulfonamides is 1. The third kappa shape index (κ3) is 4.22. The highest BCUT2D eigenvalue weighted by molar-refractivity contribution is 7.89. The van der Waals surface area contributed by atoms with Crippen molar-refractivity contribution in [2.24, 2.45) is 5.92 Å². The summed E-state index contributed by atoms with van der Waals surface area (Å²) in [6.45, 7) is 7.15. The topological polar surface area (TPSA) is 84.3 Å². The molecule has 0 aliphatic carbocycles. The number of piperidine rings is 1. The molecule has 1 N–H and O–H groups in total. The Balaban J connectivity index is 1.62. The van der Waals surface area contributed by atoms with Crippen LogP contribution in [0.3, 0.4) is 0 Å². The maximum Gasteiger partial charge on any atom is 0.243 e. The molecular weight excluding hydrogens is 364 g/mol. The zero-order valence-electron chi connectivity index (χ0n) is 16.0. The minimum absolute atomic E-state index is 0.0722. The van der Waals surface area contributed by atoms with E-state index in [2.05, 4.69) is 10.4 Å². The molecule has 0 spiro atoms. The lowest BCUT2D eigenvalue weighted by Crippen LogP contribution is -2.41. The third-order valence-corrected chi connectivity index (χ3v) is 6.85. The van der Waals surface area contributed by atoms with E-state index < -0.39 is 10.0 Å². The van der Waals surface area contributed by atoms with Gasteiger partial charge in [-0.3, -0.25) is 4.79 Å². The predicted molar refractivity (Wildman–Crippen MR) is 104 cm³/mol. The van der Waals surface area contributed by atoms with Gasteiger partial charge < -0.3 is 5.32 Å². The van der Waals surface area contributed by atoms with Gasteiger partial charge in [0.2, 0.25) is 15.9 Å². The van der Waals surface area contributed by atoms with Crippen LogP contribution in [-0.4, -0.2) is 41.5 Å². The smallest absolute Gasteiger partial charge is 0.243 e. The van der Waals surface area contributed by atoms with E-state index in [1.165, 1.54) is 4.31 Å². The Kier molecular flexibility index (Phi) is 5.67. The Hall–Kier alpha value is -2.19. The molecule has 1 aromatic heterocycles. The summed E-state index contributed by atoms with van der Waals surface area (Å²) in [5, 5.41) is 7.26. The molecule has 146 valence electrons. The summed E-state index contributed by atoms with van der Waals surface area (Å²) in [6, 6.07) is 8.71. The second kappa shape index (κ2) is 7.82. The van der Waals surface area contributed by atoms with E-state index in [4.69, 9.17) is 0 Å². The van der Waals surface area contributed by atoms with Crippen molar-refractivity contribution in [3.05, 3.63) is 41.6 Å². The molecule has 1 fully saturated rings. The number of hydrogen-bond donors (Lipinski definition) is 1. The number of benzene rings is 1. The van der Waals surface area contributed by atoms with E-state index in [-0.39, 0.29) is 11.8 Å². The van der Waals surface area contributed by atoms with Crippen LogP contribution in [0, 0.1) is 19.8 Å². The first-order chi connectivity index (χ1) is 12.8. The molecule has 0 atom stereocenters. The van der Waals surface area contributed by atoms with Crippen molar-refractivity contribution in [1.29, 1.82) is 0 Å². The summed E-state index contributed by atoms with van der Waals surface area (Å²) in [5.41, 5.74) is 1.87. The molecule has 1 amide bonds. The van der Waals surface area contributed by atoms with Crippen molar-refractivity contribution in [2.75, 3.05) is 18.4 Å². The van der Waals surface area contributed by atoms with Gasteiger partial charge in [0.15, 0.2) is 0 Å². The lowest BCUT2D eigenvalue weighted by molar-refractivity contribution is -0.121. The van der Waals surface area contributed by atoms with Gasteiger partial charge >= 0.3 is 0 Å². The average molecular weight is 391 g/mol. The Morgan fingerprint density at radius 2 is 1.81 bits per heavy atom. The van der Waals surface area contributed by atoms with Crippen LogP contribution in [-0.2, 0) is 21.4 Å². The number of rotatable bonds is 5. The molecule has 1 aromatic carbocycles. The zero-order valence-corrected chi connectivity index (χ0v) is 16.8. The number of aryl methyl sites for hydroxylation is 3. The molecule has 3 rings (SSSR count). The Bertz CT molecular complexity index is 911. The molecule has 2 heterocycles. The molecular formula is C19H26N4O3S. The van der Waals surface area contributed by atoms with E-state index in [1.807, 2.05) is 26.8 Å². The van der Waals surface area contributed by atoms with Crippen LogP contribution in [0.4, 0.5) is 5.82 Å². The first kappa shape index (κ1) is 19.6. The number of carbonyl (C=O) groups is 1. The number of aromatic nitrogens is 2. The first-order valence-corrected chi connectivity index (χ1v) is 10.7. The highest BCUT2D eigenvalue weighted by Crippen LogP contribution is 2.25. The van der Waals surface area contributed by atoms with E-state index in [0.29, 0.717) is 43.2 Å². The van der Waals surface area contributed by atoms with Crippen LogP contribution in [0.15, 0.2) is 35.2 Å². The third-order valence-electron chi connectivity index (χ3n) is 4.94. The van der Waals surface area contributed by atoms with Gasteiger partial charge in [0.1, 0.15) is 5.82 Å². The van der Waals surface area contributed by atoms with Crippen LogP contribution in [0.2, 0.25) is 0 Å². The quantitative estimate of drug-likeness (QED) is 0.850. The fourth-order valence-electron chi connectivity index (χ4n) is 3.33. The summed E-state index contributed by atoms with van der Waals surface area (Å²) in [5.74, 6) is 0.418. The normalized spacial score (nSPS) is 16.4. The molecule has 0 unspecified atom stereocenters. The fourth-order valence-corrected chi connectivity index (χ4v) is 4.80. The average Bonchev–Trinajstić information content (AvgIpc) is 3.01. The van der Waals surface area contributed by atoms with E-state index in [1.54, 1.807) is 28.9 Å². The van der Waals surface area contributed by atoms with Gasteiger partial charge in [-0.2, -0.15) is 9.40 Å². The second-order valence-electron chi connectivity index (χ2n) is 6.97. The highest BCUT2D eigenvalue weighted by atomic mass is 32.2. The van der Waals surface area contributed by atoms with Gasteiger partial charge in [-0.05, 0) is 45.7 Å². The van der Waals surface area contributed by atoms with Gasteiger partial charge in [-0.15, -0.1) is 0 Å². The summed E-state index contributed by atoms with van der Waals surface area (Å²) in [7, 11) is -3.51. The number of nitrogens with zero attached hydrogens (tertiary/aromatic N) is 3. The van der Waals surface area contributed by atoms with E-state index in [9.17, 15) is 13.2 Å². The van der Waals surface area contributed by atoms with Crippen LogP contribution in [0.25, 0.3) is 0 Å². The molecule has 0 saturated carbocycles. The summed E-state index contributed by atoms with van der Waals surface area (Å²) >= 11 is 0. The van der Waals surface area contributed by atoms with Gasteiger partial charge in [-0.25, -0.2) is 13.1 Å². The standard InChI is InChI=1S/C19H26N4O3S/c1-4-23-18(13-15(3)21-23)20-19(24)16-9-11-22(12-10-16)27(25,26)17-7-5-14(2)6-8-17/h5-8,13,16H,4,9-12H2,1-3H3,(H,20,24). The fraction of sp³-hybridized carbons (Fsp3) is 0.474. The number of anilines is 1. The van der Waals surface area contributed by atoms with Crippen LogP contribution < -0.4 is 5.32 Å². The van der Waals surface area contributed by atoms with E-state index in [0.717, 1.165) is 11.3 Å². The summed E-state index contributed by atoms with van der Waals surface area (Å²) in [4.78, 5) is 12.9. The maximum absolute atomic E-state index is 12.8. The molecule has 7 nitrogen and oxygen atoms in total. The molecule has 0 bridgehead atoms. The van der Waals surface area contributed by atoms with Crippen molar-refractivity contribution in [3.8, 4) is 0 Å². The maximum atomic E-state index is 12.8. The summed E-state index contributed by atoms with van der Waals surface area (Å²) < 4.78 is 28.8. The largest absolute Gasteiger partial charge is 0.311 e. The summed E-state index contributed by atoms with van der Waals surface area (Å²) in [6.07, 6.45) is 1.02. The van der Waals surface area contributed by atoms with Crippen molar-refractivity contribution >= 4 is 21.7 Å². The Morgan fingerprint density at radius 3 is 2.41 bits per heavy atom. The lowest BCUT2D eigenvalue weighted by atomic mass is 9.97. The molecule has 0 radical (unpaired) electrons. The molecule has 1 aliphatic heterocycles. The number of amides is 1. The van der Waals surface area contributed by atoms with Gasteiger partial charge in [0.05, 0.1) is 10.6 Å². The number of carbonyl (C=O) groups excluding carboxylic acids is 1. The SMILES string of the molecule is CCn1nc(C)cc1NC(=O)C1CCN(S(=O)(=O)c2ccc(C)cc2)CC1. The predicted octanol–water partition coefficient (Wildman–Crippen LogP) is 2.56. The molecule has 8 heteroatoms. The molecule has 1 aliphatic rings. The van der Waals surface area contributed by atoms with Crippen molar-refractivity contribution < 1.29 is 13.2 Å². The lowest BCUT2D eigenvalue weighted by Gasteiger charge is -2.30. The second-order valence-corrected chi connectivity index (χ2v) is 8.91. The molecule has 27 heavy (non-hydrogen) atoms. The van der Waals surface area contributed by atoms with E-state index >= 15 is 0 Å². The van der Waals surface area contributed by atoms with Gasteiger partial charge in [0, 0.05) is 31.6 Å². The number of nitrogens with one attached hydrogen (secondary N) is 1. The zero-order chi connectivity index (χ0) is 19.6.